The third-order valence-corrected chi connectivity index (χ3v) is 4.27. The van der Waals surface area contributed by atoms with Crippen molar-refractivity contribution in [3.05, 3.63) is 53.3 Å². The van der Waals surface area contributed by atoms with Gasteiger partial charge in [0.1, 0.15) is 29.1 Å². The Morgan fingerprint density at radius 2 is 2.04 bits per heavy atom. The van der Waals surface area contributed by atoms with Crippen molar-refractivity contribution in [3.8, 4) is 5.75 Å². The zero-order chi connectivity index (χ0) is 16.2. The van der Waals surface area contributed by atoms with Crippen molar-refractivity contribution in [1.29, 1.82) is 0 Å². The summed E-state index contributed by atoms with van der Waals surface area (Å²) in [7, 11) is 0. The Hall–Kier alpha value is -2.18. The molecule has 0 bridgehead atoms. The van der Waals surface area contributed by atoms with Gasteiger partial charge in [-0.2, -0.15) is 0 Å². The van der Waals surface area contributed by atoms with Crippen LogP contribution in [0.25, 0.3) is 10.2 Å². The van der Waals surface area contributed by atoms with Crippen molar-refractivity contribution in [1.82, 2.24) is 4.98 Å². The van der Waals surface area contributed by atoms with Gasteiger partial charge in [-0.15, -0.1) is 22.9 Å². The first-order chi connectivity index (χ1) is 11.1. The summed E-state index contributed by atoms with van der Waals surface area (Å²) in [6.07, 6.45) is 0. The van der Waals surface area contributed by atoms with Crippen LogP contribution < -0.4 is 10.1 Å². The number of thiazole rings is 1. The summed E-state index contributed by atoms with van der Waals surface area (Å²) in [6.45, 7) is 0.300. The van der Waals surface area contributed by atoms with E-state index in [1.54, 1.807) is 30.3 Å². The van der Waals surface area contributed by atoms with Crippen LogP contribution in [0.2, 0.25) is 0 Å². The first kappa shape index (κ1) is 15.7. The zero-order valence-electron chi connectivity index (χ0n) is 11.9. The van der Waals surface area contributed by atoms with Gasteiger partial charge in [0.05, 0.1) is 10.2 Å². The number of ether oxygens (including phenoxy) is 1. The Morgan fingerprint density at radius 3 is 2.78 bits per heavy atom. The lowest BCUT2D eigenvalue weighted by Gasteiger charge is -2.06. The number of hydrogen-bond donors (Lipinski definition) is 1. The fourth-order valence-electron chi connectivity index (χ4n) is 1.98. The van der Waals surface area contributed by atoms with Gasteiger partial charge >= 0.3 is 0 Å². The SMILES string of the molecule is O=C(CCl)Nc1ccc(OCc2nc3cc(F)ccc3s2)cc1. The molecular formula is C16H12ClFN2O2S. The van der Waals surface area contributed by atoms with Crippen molar-refractivity contribution in [3.63, 3.8) is 0 Å². The van der Waals surface area contributed by atoms with Gasteiger partial charge in [-0.05, 0) is 36.4 Å². The molecule has 2 aromatic carbocycles. The highest BCUT2D eigenvalue weighted by molar-refractivity contribution is 7.18. The van der Waals surface area contributed by atoms with Gasteiger partial charge < -0.3 is 10.1 Å². The topological polar surface area (TPSA) is 51.2 Å². The van der Waals surface area contributed by atoms with E-state index in [1.807, 2.05) is 0 Å². The van der Waals surface area contributed by atoms with Crippen LogP contribution in [0.3, 0.4) is 0 Å². The summed E-state index contributed by atoms with van der Waals surface area (Å²) in [6, 6.07) is 11.5. The number of anilines is 1. The number of halogens is 2. The normalized spacial score (nSPS) is 10.7. The Morgan fingerprint density at radius 1 is 1.26 bits per heavy atom. The molecule has 1 N–H and O–H groups in total. The minimum absolute atomic E-state index is 0.0869. The maximum absolute atomic E-state index is 13.1. The van der Waals surface area contributed by atoms with Gasteiger partial charge in [-0.1, -0.05) is 0 Å². The first-order valence-corrected chi connectivity index (χ1v) is 8.13. The molecule has 23 heavy (non-hydrogen) atoms. The summed E-state index contributed by atoms with van der Waals surface area (Å²) in [5, 5.41) is 3.41. The number of alkyl halides is 1. The highest BCUT2D eigenvalue weighted by Gasteiger charge is 2.06. The molecule has 118 valence electrons. The quantitative estimate of drug-likeness (QED) is 0.702. The summed E-state index contributed by atoms with van der Waals surface area (Å²) >= 11 is 6.89. The summed E-state index contributed by atoms with van der Waals surface area (Å²) in [4.78, 5) is 15.5. The Labute approximate surface area is 140 Å². The largest absolute Gasteiger partial charge is 0.486 e. The van der Waals surface area contributed by atoms with Crippen molar-refractivity contribution in [2.45, 2.75) is 6.61 Å². The molecular weight excluding hydrogens is 339 g/mol. The maximum atomic E-state index is 13.1. The van der Waals surface area contributed by atoms with E-state index in [4.69, 9.17) is 16.3 Å². The Bertz CT molecular complexity index is 836. The van der Waals surface area contributed by atoms with E-state index in [9.17, 15) is 9.18 Å². The lowest BCUT2D eigenvalue weighted by atomic mass is 10.3. The molecule has 0 unspecified atom stereocenters. The molecule has 0 saturated heterocycles. The Balaban J connectivity index is 1.63. The molecule has 1 amide bonds. The molecule has 7 heteroatoms. The van der Waals surface area contributed by atoms with Gasteiger partial charge in [0.2, 0.25) is 5.91 Å². The van der Waals surface area contributed by atoms with E-state index in [0.717, 1.165) is 9.71 Å². The first-order valence-electron chi connectivity index (χ1n) is 6.78. The van der Waals surface area contributed by atoms with Crippen LogP contribution in [0, 0.1) is 5.82 Å². The van der Waals surface area contributed by atoms with Crippen LogP contribution in [-0.2, 0) is 11.4 Å². The molecule has 4 nitrogen and oxygen atoms in total. The summed E-state index contributed by atoms with van der Waals surface area (Å²) in [5.41, 5.74) is 1.28. The maximum Gasteiger partial charge on any atom is 0.239 e. The second-order valence-corrected chi connectivity index (χ2v) is 6.10. The van der Waals surface area contributed by atoms with Crippen LogP contribution in [-0.4, -0.2) is 16.8 Å². The molecule has 0 aliphatic heterocycles. The van der Waals surface area contributed by atoms with E-state index in [2.05, 4.69) is 10.3 Å². The minimum atomic E-state index is -0.301. The minimum Gasteiger partial charge on any atom is -0.486 e. The van der Waals surface area contributed by atoms with Crippen molar-refractivity contribution < 1.29 is 13.9 Å². The van der Waals surface area contributed by atoms with Gasteiger partial charge in [0, 0.05) is 11.8 Å². The molecule has 0 fully saturated rings. The number of carbonyl (C=O) groups is 1. The van der Waals surface area contributed by atoms with Crippen LogP contribution >= 0.6 is 22.9 Å². The van der Waals surface area contributed by atoms with Gasteiger partial charge in [-0.25, -0.2) is 9.37 Å². The van der Waals surface area contributed by atoms with E-state index in [1.165, 1.54) is 23.5 Å². The fraction of sp³-hybridized carbons (Fsp3) is 0.125. The number of nitrogens with one attached hydrogen (secondary N) is 1. The predicted molar refractivity (Wildman–Crippen MR) is 89.7 cm³/mol. The van der Waals surface area contributed by atoms with Crippen molar-refractivity contribution in [2.24, 2.45) is 0 Å². The van der Waals surface area contributed by atoms with Crippen LogP contribution in [0.4, 0.5) is 10.1 Å². The third kappa shape index (κ3) is 3.97. The van der Waals surface area contributed by atoms with Crippen LogP contribution in [0.15, 0.2) is 42.5 Å². The molecule has 0 saturated carbocycles. The summed E-state index contributed by atoms with van der Waals surface area (Å²) in [5.74, 6) is 0.00222. The monoisotopic (exact) mass is 350 g/mol. The molecule has 0 radical (unpaired) electrons. The molecule has 0 aliphatic carbocycles. The lowest BCUT2D eigenvalue weighted by Crippen LogP contribution is -2.12. The second-order valence-electron chi connectivity index (χ2n) is 4.71. The molecule has 0 spiro atoms. The number of benzene rings is 2. The van der Waals surface area contributed by atoms with Gasteiger partial charge in [0.25, 0.3) is 0 Å². The molecule has 0 atom stereocenters. The molecule has 3 aromatic rings. The molecule has 1 aromatic heterocycles. The second kappa shape index (κ2) is 6.93. The number of carbonyl (C=O) groups excluding carboxylic acids is 1. The average molecular weight is 351 g/mol. The van der Waals surface area contributed by atoms with Crippen LogP contribution in [0.5, 0.6) is 5.75 Å². The molecule has 1 heterocycles. The third-order valence-electron chi connectivity index (χ3n) is 3.02. The number of nitrogens with zero attached hydrogens (tertiary/aromatic N) is 1. The standard InChI is InChI=1S/C16H12ClFN2O2S/c17-8-15(21)19-11-2-4-12(5-3-11)22-9-16-20-13-7-10(18)1-6-14(13)23-16/h1-7H,8-9H2,(H,19,21). The van der Waals surface area contributed by atoms with E-state index >= 15 is 0 Å². The average Bonchev–Trinajstić information content (AvgIpc) is 2.96. The number of fused-ring (bicyclic) bond motifs is 1. The predicted octanol–water partition coefficient (Wildman–Crippen LogP) is 4.19. The zero-order valence-corrected chi connectivity index (χ0v) is 13.5. The molecule has 3 rings (SSSR count). The molecule has 0 aliphatic rings. The Kier molecular flexibility index (Phi) is 4.73. The summed E-state index contributed by atoms with van der Waals surface area (Å²) < 4.78 is 19.7. The van der Waals surface area contributed by atoms with Crippen LogP contribution in [0.1, 0.15) is 5.01 Å². The van der Waals surface area contributed by atoms with E-state index in [-0.39, 0.29) is 17.6 Å². The lowest BCUT2D eigenvalue weighted by molar-refractivity contribution is -0.113. The number of hydrogen-bond acceptors (Lipinski definition) is 4. The van der Waals surface area contributed by atoms with Gasteiger partial charge in [0.15, 0.2) is 0 Å². The highest BCUT2D eigenvalue weighted by Crippen LogP contribution is 2.24. The van der Waals surface area contributed by atoms with Crippen molar-refractivity contribution >= 4 is 44.7 Å². The van der Waals surface area contributed by atoms with Crippen molar-refractivity contribution in [2.75, 3.05) is 11.2 Å². The van der Waals surface area contributed by atoms with Gasteiger partial charge in [-0.3, -0.25) is 4.79 Å². The smallest absolute Gasteiger partial charge is 0.239 e. The van der Waals surface area contributed by atoms with E-state index in [0.29, 0.717) is 23.6 Å². The highest BCUT2D eigenvalue weighted by atomic mass is 35.5. The number of aromatic nitrogens is 1. The fourth-order valence-corrected chi connectivity index (χ4v) is 2.91. The number of amides is 1. The number of rotatable bonds is 5. The van der Waals surface area contributed by atoms with E-state index < -0.39 is 0 Å².